The monoisotopic (exact) mass is 302 g/mol. The van der Waals surface area contributed by atoms with Crippen molar-refractivity contribution in [1.29, 1.82) is 0 Å². The molecule has 0 heterocycles. The van der Waals surface area contributed by atoms with Gasteiger partial charge >= 0.3 is 0 Å². The molecule has 0 aliphatic rings. The minimum atomic E-state index is -0.0619. The van der Waals surface area contributed by atoms with Gasteiger partial charge < -0.3 is 10.6 Å². The van der Waals surface area contributed by atoms with Crippen LogP contribution in [0.3, 0.4) is 0 Å². The summed E-state index contributed by atoms with van der Waals surface area (Å²) in [4.78, 5) is 14.3. The van der Waals surface area contributed by atoms with Gasteiger partial charge in [-0.15, -0.1) is 0 Å². The Morgan fingerprint density at radius 1 is 1.24 bits per heavy atom. The van der Waals surface area contributed by atoms with E-state index in [-0.39, 0.29) is 11.9 Å². The van der Waals surface area contributed by atoms with Gasteiger partial charge in [0.25, 0.3) is 5.91 Å². The van der Waals surface area contributed by atoms with Crippen molar-refractivity contribution in [3.05, 3.63) is 64.2 Å². The van der Waals surface area contributed by atoms with E-state index < -0.39 is 0 Å². The van der Waals surface area contributed by atoms with E-state index in [1.165, 1.54) is 0 Å². The van der Waals surface area contributed by atoms with Crippen LogP contribution in [0.15, 0.2) is 42.5 Å². The number of hydrogen-bond acceptors (Lipinski definition) is 2. The molecule has 2 aromatic carbocycles. The lowest BCUT2D eigenvalue weighted by molar-refractivity contribution is 0.0742. The van der Waals surface area contributed by atoms with E-state index in [2.05, 4.69) is 0 Å². The van der Waals surface area contributed by atoms with Gasteiger partial charge in [0.1, 0.15) is 0 Å². The summed E-state index contributed by atoms with van der Waals surface area (Å²) in [7, 11) is 1.80. The van der Waals surface area contributed by atoms with Crippen LogP contribution in [0, 0.1) is 6.92 Å². The van der Waals surface area contributed by atoms with E-state index >= 15 is 0 Å². The predicted octanol–water partition coefficient (Wildman–Crippen LogP) is 4.06. The largest absolute Gasteiger partial charge is 0.399 e. The van der Waals surface area contributed by atoms with Crippen LogP contribution < -0.4 is 5.73 Å². The zero-order valence-electron chi connectivity index (χ0n) is 12.4. The van der Waals surface area contributed by atoms with Crippen LogP contribution in [-0.2, 0) is 0 Å². The van der Waals surface area contributed by atoms with Crippen LogP contribution in [0.4, 0.5) is 5.69 Å². The van der Waals surface area contributed by atoms with Gasteiger partial charge in [-0.05, 0) is 55.3 Å². The number of halogens is 1. The molecule has 0 aliphatic heterocycles. The quantitative estimate of drug-likeness (QED) is 0.869. The topological polar surface area (TPSA) is 46.3 Å². The standard InChI is InChI=1S/C17H19ClN2O/c1-11-9-15(19)7-8-16(11)17(21)20(3)12(2)13-5-4-6-14(18)10-13/h4-10,12H,19H2,1-3H3. The SMILES string of the molecule is Cc1cc(N)ccc1C(=O)N(C)C(C)c1cccc(Cl)c1. The third-order valence-corrected chi connectivity index (χ3v) is 3.95. The molecule has 1 atom stereocenters. The van der Waals surface area contributed by atoms with Gasteiger partial charge in [-0.25, -0.2) is 0 Å². The summed E-state index contributed by atoms with van der Waals surface area (Å²) in [5.74, 6) is -0.0278. The molecule has 0 bridgehead atoms. The maximum absolute atomic E-state index is 12.6. The number of nitrogens with two attached hydrogens (primary N) is 1. The van der Waals surface area contributed by atoms with E-state index in [1.807, 2.05) is 44.2 Å². The first kappa shape index (κ1) is 15.4. The Bertz CT molecular complexity index is 670. The van der Waals surface area contributed by atoms with Gasteiger partial charge in [0.05, 0.1) is 6.04 Å². The summed E-state index contributed by atoms with van der Waals surface area (Å²) in [6.07, 6.45) is 0. The Morgan fingerprint density at radius 2 is 1.95 bits per heavy atom. The molecule has 0 radical (unpaired) electrons. The molecule has 2 N–H and O–H groups in total. The molecular formula is C17H19ClN2O. The van der Waals surface area contributed by atoms with Gasteiger partial charge in [0, 0.05) is 23.3 Å². The smallest absolute Gasteiger partial charge is 0.254 e. The average molecular weight is 303 g/mol. The second-order valence-corrected chi connectivity index (χ2v) is 5.66. The third-order valence-electron chi connectivity index (χ3n) is 3.71. The highest BCUT2D eigenvalue weighted by atomic mass is 35.5. The Morgan fingerprint density at radius 3 is 2.57 bits per heavy atom. The third kappa shape index (κ3) is 3.37. The normalized spacial score (nSPS) is 12.0. The Hall–Kier alpha value is -2.00. The average Bonchev–Trinajstić information content (AvgIpc) is 2.45. The molecule has 0 fully saturated rings. The molecule has 1 unspecified atom stereocenters. The number of hydrogen-bond donors (Lipinski definition) is 1. The molecule has 110 valence electrons. The molecule has 0 saturated heterocycles. The number of nitrogens with zero attached hydrogens (tertiary/aromatic N) is 1. The Labute approximate surface area is 130 Å². The van der Waals surface area contributed by atoms with Crippen LogP contribution in [-0.4, -0.2) is 17.9 Å². The van der Waals surface area contributed by atoms with Crippen molar-refractivity contribution in [2.24, 2.45) is 0 Å². The number of amides is 1. The summed E-state index contributed by atoms with van der Waals surface area (Å²) in [6.45, 7) is 3.87. The van der Waals surface area contributed by atoms with E-state index in [4.69, 9.17) is 17.3 Å². The van der Waals surface area contributed by atoms with E-state index in [0.29, 0.717) is 16.3 Å². The predicted molar refractivity (Wildman–Crippen MR) is 87.6 cm³/mol. The van der Waals surface area contributed by atoms with Crippen LogP contribution >= 0.6 is 11.6 Å². The first-order valence-electron chi connectivity index (χ1n) is 6.79. The molecule has 2 aromatic rings. The molecule has 0 saturated carbocycles. The number of carbonyl (C=O) groups excluding carboxylic acids is 1. The molecule has 0 spiro atoms. The molecule has 1 amide bonds. The van der Waals surface area contributed by atoms with Gasteiger partial charge in [0.2, 0.25) is 0 Å². The maximum atomic E-state index is 12.6. The van der Waals surface area contributed by atoms with Crippen molar-refractivity contribution in [2.45, 2.75) is 19.9 Å². The first-order valence-corrected chi connectivity index (χ1v) is 7.16. The van der Waals surface area contributed by atoms with Crippen LogP contribution in [0.25, 0.3) is 0 Å². The maximum Gasteiger partial charge on any atom is 0.254 e. The van der Waals surface area contributed by atoms with Crippen LogP contribution in [0.1, 0.15) is 34.5 Å². The summed E-state index contributed by atoms with van der Waals surface area (Å²) >= 11 is 6.02. The van der Waals surface area contributed by atoms with E-state index in [1.54, 1.807) is 24.1 Å². The molecular weight excluding hydrogens is 284 g/mol. The van der Waals surface area contributed by atoms with Gasteiger partial charge in [-0.1, -0.05) is 23.7 Å². The van der Waals surface area contributed by atoms with E-state index in [0.717, 1.165) is 11.1 Å². The van der Waals surface area contributed by atoms with Crippen molar-refractivity contribution in [3.63, 3.8) is 0 Å². The second-order valence-electron chi connectivity index (χ2n) is 5.22. The van der Waals surface area contributed by atoms with Gasteiger partial charge in [-0.2, -0.15) is 0 Å². The van der Waals surface area contributed by atoms with Crippen LogP contribution in [0.5, 0.6) is 0 Å². The number of benzene rings is 2. The Kier molecular flexibility index (Phi) is 4.53. The molecule has 0 aromatic heterocycles. The second kappa shape index (κ2) is 6.19. The highest BCUT2D eigenvalue weighted by Gasteiger charge is 2.20. The molecule has 4 heteroatoms. The fraction of sp³-hybridized carbons (Fsp3) is 0.235. The molecule has 3 nitrogen and oxygen atoms in total. The lowest BCUT2D eigenvalue weighted by Gasteiger charge is -2.26. The number of aryl methyl sites for hydroxylation is 1. The molecule has 2 rings (SSSR count). The fourth-order valence-electron chi connectivity index (χ4n) is 2.28. The van der Waals surface area contributed by atoms with Crippen molar-refractivity contribution in [2.75, 3.05) is 12.8 Å². The summed E-state index contributed by atoms with van der Waals surface area (Å²) in [6, 6.07) is 12.8. The van der Waals surface area contributed by atoms with E-state index in [9.17, 15) is 4.79 Å². The molecule has 21 heavy (non-hydrogen) atoms. The van der Waals surface area contributed by atoms with Crippen molar-refractivity contribution < 1.29 is 4.79 Å². The molecule has 0 aliphatic carbocycles. The van der Waals surface area contributed by atoms with Crippen molar-refractivity contribution in [1.82, 2.24) is 4.90 Å². The number of carbonyl (C=O) groups is 1. The zero-order valence-corrected chi connectivity index (χ0v) is 13.2. The van der Waals surface area contributed by atoms with Gasteiger partial charge in [-0.3, -0.25) is 4.79 Å². The first-order chi connectivity index (χ1) is 9.90. The number of anilines is 1. The summed E-state index contributed by atoms with van der Waals surface area (Å²) in [5.41, 5.74) is 8.95. The lowest BCUT2D eigenvalue weighted by atomic mass is 10.0. The van der Waals surface area contributed by atoms with Crippen LogP contribution in [0.2, 0.25) is 5.02 Å². The zero-order chi connectivity index (χ0) is 15.6. The highest BCUT2D eigenvalue weighted by Crippen LogP contribution is 2.24. The minimum absolute atomic E-state index is 0.0278. The fourth-order valence-corrected chi connectivity index (χ4v) is 2.48. The van der Waals surface area contributed by atoms with Crippen molar-refractivity contribution in [3.8, 4) is 0 Å². The van der Waals surface area contributed by atoms with Crippen molar-refractivity contribution >= 4 is 23.2 Å². The minimum Gasteiger partial charge on any atom is -0.399 e. The highest BCUT2D eigenvalue weighted by molar-refractivity contribution is 6.30. The number of rotatable bonds is 3. The van der Waals surface area contributed by atoms with Gasteiger partial charge in [0.15, 0.2) is 0 Å². The summed E-state index contributed by atoms with van der Waals surface area (Å²) < 4.78 is 0. The number of nitrogen functional groups attached to an aromatic ring is 1. The Balaban J connectivity index is 2.26. The summed E-state index contributed by atoms with van der Waals surface area (Å²) in [5, 5.41) is 0.670. The lowest BCUT2D eigenvalue weighted by Crippen LogP contribution is -2.30.